The Bertz CT molecular complexity index is 577. The molecule has 0 unspecified atom stereocenters. The summed E-state index contributed by atoms with van der Waals surface area (Å²) in [4.78, 5) is 16.3. The van der Waals surface area contributed by atoms with Gasteiger partial charge >= 0.3 is 12.2 Å². The van der Waals surface area contributed by atoms with Crippen molar-refractivity contribution in [2.45, 2.75) is 37.9 Å². The van der Waals surface area contributed by atoms with Crippen LogP contribution in [0.1, 0.15) is 31.2 Å². The number of para-hydroxylation sites is 1. The number of nitrogens with zero attached hydrogens (tertiary/aromatic N) is 2. The highest BCUT2D eigenvalue weighted by molar-refractivity contribution is 5.90. The molecule has 1 aliphatic carbocycles. The molecule has 1 aromatic carbocycles. The second-order valence-electron chi connectivity index (χ2n) is 6.43. The van der Waals surface area contributed by atoms with E-state index in [0.717, 1.165) is 19.2 Å². The monoisotopic (exact) mass is 341 g/mol. The summed E-state index contributed by atoms with van der Waals surface area (Å²) in [5.41, 5.74) is -1.00. The van der Waals surface area contributed by atoms with E-state index in [9.17, 15) is 18.0 Å². The van der Waals surface area contributed by atoms with Gasteiger partial charge in [0.25, 0.3) is 0 Å². The average Bonchev–Trinajstić information content (AvgIpc) is 3.09. The second kappa shape index (κ2) is 7.01. The minimum atomic E-state index is -4.48. The van der Waals surface area contributed by atoms with Crippen molar-refractivity contribution in [1.29, 1.82) is 0 Å². The van der Waals surface area contributed by atoms with Gasteiger partial charge in [-0.15, -0.1) is 0 Å². The molecule has 1 aliphatic heterocycles. The Morgan fingerprint density at radius 1 is 1.04 bits per heavy atom. The predicted octanol–water partition coefficient (Wildman–Crippen LogP) is 3.80. The number of hydrogen-bond donors (Lipinski definition) is 1. The zero-order chi connectivity index (χ0) is 17.2. The Balaban J connectivity index is 1.59. The summed E-state index contributed by atoms with van der Waals surface area (Å²) in [5.74, 6) is 0. The Kier molecular flexibility index (Phi) is 4.99. The Labute approximate surface area is 139 Å². The maximum Gasteiger partial charge on any atom is 0.418 e. The number of hydrogen-bond acceptors (Lipinski definition) is 2. The largest absolute Gasteiger partial charge is 0.418 e. The van der Waals surface area contributed by atoms with Crippen LogP contribution >= 0.6 is 0 Å². The fourth-order valence-electron chi connectivity index (χ4n) is 3.59. The van der Waals surface area contributed by atoms with Crippen molar-refractivity contribution in [1.82, 2.24) is 9.80 Å². The van der Waals surface area contributed by atoms with E-state index in [4.69, 9.17) is 0 Å². The fraction of sp³-hybridized carbons (Fsp3) is 0.588. The molecule has 3 rings (SSSR count). The van der Waals surface area contributed by atoms with Gasteiger partial charge in [-0.2, -0.15) is 13.2 Å². The number of piperazine rings is 1. The van der Waals surface area contributed by atoms with Crippen LogP contribution in [0.5, 0.6) is 0 Å². The van der Waals surface area contributed by atoms with Crippen LogP contribution in [-0.4, -0.2) is 48.1 Å². The van der Waals surface area contributed by atoms with Gasteiger partial charge in [0.15, 0.2) is 0 Å². The number of carbonyl (C=O) groups is 1. The summed E-state index contributed by atoms with van der Waals surface area (Å²) < 4.78 is 39.0. The van der Waals surface area contributed by atoms with Crippen LogP contribution in [0.15, 0.2) is 24.3 Å². The number of carbonyl (C=O) groups excluding carboxylic acids is 1. The van der Waals surface area contributed by atoms with E-state index in [1.54, 1.807) is 4.90 Å². The third kappa shape index (κ3) is 3.83. The van der Waals surface area contributed by atoms with Gasteiger partial charge in [-0.05, 0) is 25.0 Å². The lowest BCUT2D eigenvalue weighted by atomic mass is 10.1. The van der Waals surface area contributed by atoms with E-state index in [-0.39, 0.29) is 5.69 Å². The van der Waals surface area contributed by atoms with Crippen LogP contribution in [0.4, 0.5) is 23.7 Å². The van der Waals surface area contributed by atoms with Gasteiger partial charge in [-0.1, -0.05) is 25.0 Å². The standard InChI is InChI=1S/C17H22F3N3O/c18-17(19,20)14-7-3-4-8-15(14)21-16(24)23-11-9-22(10-12-23)13-5-1-2-6-13/h3-4,7-8,13H,1-2,5-6,9-12H2,(H,21,24). The lowest BCUT2D eigenvalue weighted by Gasteiger charge is -2.38. The number of amides is 2. The molecule has 24 heavy (non-hydrogen) atoms. The summed E-state index contributed by atoms with van der Waals surface area (Å²) in [6.07, 6.45) is 0.473. The molecule has 0 bridgehead atoms. The topological polar surface area (TPSA) is 35.6 Å². The molecule has 132 valence electrons. The molecule has 4 nitrogen and oxygen atoms in total. The highest BCUT2D eigenvalue weighted by atomic mass is 19.4. The molecule has 0 radical (unpaired) electrons. The van der Waals surface area contributed by atoms with E-state index in [1.807, 2.05) is 0 Å². The van der Waals surface area contributed by atoms with E-state index < -0.39 is 17.8 Å². The molecule has 0 atom stereocenters. The summed E-state index contributed by atoms with van der Waals surface area (Å²) in [7, 11) is 0. The normalized spacial score (nSPS) is 20.4. The number of urea groups is 1. The SMILES string of the molecule is O=C(Nc1ccccc1C(F)(F)F)N1CCN(C2CCCC2)CC1. The lowest BCUT2D eigenvalue weighted by Crippen LogP contribution is -2.52. The average molecular weight is 341 g/mol. The highest BCUT2D eigenvalue weighted by Crippen LogP contribution is 2.34. The first-order valence-corrected chi connectivity index (χ1v) is 8.41. The molecule has 1 heterocycles. The summed E-state index contributed by atoms with van der Waals surface area (Å²) in [5, 5.41) is 2.42. The molecule has 2 aliphatic rings. The summed E-state index contributed by atoms with van der Waals surface area (Å²) in [6.45, 7) is 2.69. The molecule has 1 saturated heterocycles. The van der Waals surface area contributed by atoms with Crippen molar-refractivity contribution in [3.8, 4) is 0 Å². The molecule has 0 spiro atoms. The predicted molar refractivity (Wildman–Crippen MR) is 85.9 cm³/mol. The van der Waals surface area contributed by atoms with Crippen molar-refractivity contribution < 1.29 is 18.0 Å². The zero-order valence-corrected chi connectivity index (χ0v) is 13.5. The van der Waals surface area contributed by atoms with Gasteiger partial charge in [0.1, 0.15) is 0 Å². The van der Waals surface area contributed by atoms with E-state index in [1.165, 1.54) is 43.9 Å². The van der Waals surface area contributed by atoms with E-state index in [0.29, 0.717) is 19.1 Å². The maximum atomic E-state index is 13.0. The molecule has 2 amide bonds. The molecule has 7 heteroatoms. The Morgan fingerprint density at radius 3 is 2.29 bits per heavy atom. The van der Waals surface area contributed by atoms with Crippen molar-refractivity contribution in [2.75, 3.05) is 31.5 Å². The summed E-state index contributed by atoms with van der Waals surface area (Å²) in [6, 6.07) is 5.23. The van der Waals surface area contributed by atoms with Crippen LogP contribution in [-0.2, 0) is 6.18 Å². The molecular formula is C17H22F3N3O. The van der Waals surface area contributed by atoms with Gasteiger partial charge in [-0.25, -0.2) is 4.79 Å². The van der Waals surface area contributed by atoms with Gasteiger partial charge in [-0.3, -0.25) is 4.90 Å². The minimum Gasteiger partial charge on any atom is -0.322 e. The van der Waals surface area contributed by atoms with Gasteiger partial charge in [0.2, 0.25) is 0 Å². The highest BCUT2D eigenvalue weighted by Gasteiger charge is 2.34. The molecule has 1 saturated carbocycles. The van der Waals surface area contributed by atoms with E-state index in [2.05, 4.69) is 10.2 Å². The molecular weight excluding hydrogens is 319 g/mol. The molecule has 1 aromatic rings. The smallest absolute Gasteiger partial charge is 0.322 e. The van der Waals surface area contributed by atoms with Crippen LogP contribution in [0.2, 0.25) is 0 Å². The first-order valence-electron chi connectivity index (χ1n) is 8.41. The van der Waals surface area contributed by atoms with Crippen LogP contribution in [0.25, 0.3) is 0 Å². The first-order chi connectivity index (χ1) is 11.4. The number of alkyl halides is 3. The number of halogens is 3. The van der Waals surface area contributed by atoms with Crippen LogP contribution in [0.3, 0.4) is 0 Å². The Hall–Kier alpha value is -1.76. The van der Waals surface area contributed by atoms with Crippen molar-refractivity contribution in [3.05, 3.63) is 29.8 Å². The first kappa shape index (κ1) is 17.1. The maximum absolute atomic E-state index is 13.0. The van der Waals surface area contributed by atoms with Crippen molar-refractivity contribution >= 4 is 11.7 Å². The zero-order valence-electron chi connectivity index (χ0n) is 13.5. The number of nitrogens with one attached hydrogen (secondary N) is 1. The third-order valence-corrected chi connectivity index (χ3v) is 4.92. The van der Waals surface area contributed by atoms with Gasteiger partial charge < -0.3 is 10.2 Å². The molecule has 1 N–H and O–H groups in total. The lowest BCUT2D eigenvalue weighted by molar-refractivity contribution is -0.136. The molecule has 2 fully saturated rings. The number of rotatable bonds is 2. The number of anilines is 1. The van der Waals surface area contributed by atoms with Crippen molar-refractivity contribution in [2.24, 2.45) is 0 Å². The second-order valence-corrected chi connectivity index (χ2v) is 6.43. The Morgan fingerprint density at radius 2 is 1.67 bits per heavy atom. The quantitative estimate of drug-likeness (QED) is 0.888. The van der Waals surface area contributed by atoms with Crippen molar-refractivity contribution in [3.63, 3.8) is 0 Å². The van der Waals surface area contributed by atoms with Crippen LogP contribution < -0.4 is 5.32 Å². The number of benzene rings is 1. The third-order valence-electron chi connectivity index (χ3n) is 4.92. The molecule has 0 aromatic heterocycles. The fourth-order valence-corrected chi connectivity index (χ4v) is 3.59. The summed E-state index contributed by atoms with van der Waals surface area (Å²) >= 11 is 0. The van der Waals surface area contributed by atoms with E-state index >= 15 is 0 Å². The van der Waals surface area contributed by atoms with Gasteiger partial charge in [0.05, 0.1) is 11.3 Å². The van der Waals surface area contributed by atoms with Gasteiger partial charge in [0, 0.05) is 32.2 Å². The van der Waals surface area contributed by atoms with Crippen LogP contribution in [0, 0.1) is 0 Å². The minimum absolute atomic E-state index is 0.187.